The molecule has 0 fully saturated rings. The lowest BCUT2D eigenvalue weighted by molar-refractivity contribution is 0.165. The van der Waals surface area contributed by atoms with E-state index in [0.717, 1.165) is 41.5 Å². The first-order valence-electron chi connectivity index (χ1n) is 8.80. The number of nitrogens with zero attached hydrogens (tertiary/aromatic N) is 3. The van der Waals surface area contributed by atoms with E-state index in [1.54, 1.807) is 0 Å². The molecular weight excluding hydrogens is 346 g/mol. The fourth-order valence-electron chi connectivity index (χ4n) is 3.59. The minimum Gasteiger partial charge on any atom is -0.488 e. The first-order chi connectivity index (χ1) is 12.6. The van der Waals surface area contributed by atoms with E-state index in [1.807, 2.05) is 42.1 Å². The lowest BCUT2D eigenvalue weighted by Crippen LogP contribution is -2.31. The van der Waals surface area contributed by atoms with Crippen LogP contribution in [0.5, 0.6) is 5.75 Å². The van der Waals surface area contributed by atoms with Gasteiger partial charge >= 0.3 is 0 Å². The van der Waals surface area contributed by atoms with Gasteiger partial charge < -0.3 is 4.74 Å². The summed E-state index contributed by atoms with van der Waals surface area (Å²) in [5.41, 5.74) is 4.52. The number of para-hydroxylation sites is 1. The standard InChI is InChI=1S/C21H22ClN3O/c1-24(14-19-11-15-6-3-4-9-20(15)26-19)12-17-13-25(2)23-21(17)16-7-5-8-18(22)10-16/h3-10,13,19H,11-12,14H2,1-2H3/t19-/m1/s1. The summed E-state index contributed by atoms with van der Waals surface area (Å²) in [6, 6.07) is 16.2. The van der Waals surface area contributed by atoms with Gasteiger partial charge in [-0.15, -0.1) is 0 Å². The van der Waals surface area contributed by atoms with Crippen molar-refractivity contribution in [3.05, 3.63) is 70.9 Å². The number of likely N-dealkylation sites (N-methyl/N-ethyl adjacent to an activating group) is 1. The van der Waals surface area contributed by atoms with Crippen LogP contribution in [0.3, 0.4) is 0 Å². The molecule has 0 spiro atoms. The number of aryl methyl sites for hydroxylation is 1. The zero-order valence-corrected chi connectivity index (χ0v) is 15.8. The number of halogens is 1. The summed E-state index contributed by atoms with van der Waals surface area (Å²) in [6.45, 7) is 1.68. The number of aromatic nitrogens is 2. The van der Waals surface area contributed by atoms with E-state index in [1.165, 1.54) is 11.1 Å². The summed E-state index contributed by atoms with van der Waals surface area (Å²) in [4.78, 5) is 2.29. The third-order valence-corrected chi connectivity index (χ3v) is 4.91. The van der Waals surface area contributed by atoms with Gasteiger partial charge in [-0.2, -0.15) is 5.10 Å². The van der Waals surface area contributed by atoms with Gasteiger partial charge in [0.05, 0.1) is 5.69 Å². The Bertz CT molecular complexity index is 896. The van der Waals surface area contributed by atoms with Crippen LogP contribution in [-0.4, -0.2) is 34.4 Å². The number of rotatable bonds is 5. The molecule has 5 heteroatoms. The van der Waals surface area contributed by atoms with Gasteiger partial charge in [0.1, 0.15) is 11.9 Å². The van der Waals surface area contributed by atoms with Crippen molar-refractivity contribution < 1.29 is 4.74 Å². The zero-order chi connectivity index (χ0) is 18.1. The Labute approximate surface area is 159 Å². The minimum absolute atomic E-state index is 0.198. The third kappa shape index (κ3) is 3.62. The summed E-state index contributed by atoms with van der Waals surface area (Å²) in [5, 5.41) is 5.37. The highest BCUT2D eigenvalue weighted by Gasteiger charge is 2.24. The first-order valence-corrected chi connectivity index (χ1v) is 9.18. The molecule has 4 rings (SSSR count). The molecule has 1 aliphatic heterocycles. The molecule has 0 bridgehead atoms. The van der Waals surface area contributed by atoms with Crippen molar-refractivity contribution in [2.45, 2.75) is 19.1 Å². The average Bonchev–Trinajstić information content (AvgIpc) is 3.17. The molecule has 26 heavy (non-hydrogen) atoms. The van der Waals surface area contributed by atoms with Crippen molar-refractivity contribution in [1.29, 1.82) is 0 Å². The highest BCUT2D eigenvalue weighted by Crippen LogP contribution is 2.29. The molecule has 0 saturated carbocycles. The van der Waals surface area contributed by atoms with Gasteiger partial charge in [-0.3, -0.25) is 9.58 Å². The van der Waals surface area contributed by atoms with Crippen molar-refractivity contribution in [3.8, 4) is 17.0 Å². The van der Waals surface area contributed by atoms with Crippen molar-refractivity contribution in [2.75, 3.05) is 13.6 Å². The predicted octanol–water partition coefficient (Wildman–Crippen LogP) is 4.18. The van der Waals surface area contributed by atoms with Crippen LogP contribution in [-0.2, 0) is 20.0 Å². The number of fused-ring (bicyclic) bond motifs is 1. The Balaban J connectivity index is 1.46. The Morgan fingerprint density at radius 1 is 1.23 bits per heavy atom. The summed E-state index contributed by atoms with van der Waals surface area (Å²) < 4.78 is 7.93. The molecule has 2 heterocycles. The summed E-state index contributed by atoms with van der Waals surface area (Å²) in [5.74, 6) is 1.02. The Morgan fingerprint density at radius 2 is 2.08 bits per heavy atom. The van der Waals surface area contributed by atoms with Crippen molar-refractivity contribution in [1.82, 2.24) is 14.7 Å². The summed E-state index contributed by atoms with van der Waals surface area (Å²) >= 11 is 6.16. The fraction of sp³-hybridized carbons (Fsp3) is 0.286. The van der Waals surface area contributed by atoms with Crippen LogP contribution in [0.15, 0.2) is 54.7 Å². The van der Waals surface area contributed by atoms with E-state index in [2.05, 4.69) is 41.4 Å². The molecule has 1 atom stereocenters. The summed E-state index contributed by atoms with van der Waals surface area (Å²) in [6.07, 6.45) is 3.25. The van der Waals surface area contributed by atoms with E-state index in [9.17, 15) is 0 Å². The average molecular weight is 368 g/mol. The Morgan fingerprint density at radius 3 is 2.88 bits per heavy atom. The maximum Gasteiger partial charge on any atom is 0.123 e. The monoisotopic (exact) mass is 367 g/mol. The topological polar surface area (TPSA) is 30.3 Å². The van der Waals surface area contributed by atoms with E-state index in [0.29, 0.717) is 0 Å². The predicted molar refractivity (Wildman–Crippen MR) is 105 cm³/mol. The van der Waals surface area contributed by atoms with Gasteiger partial charge in [-0.1, -0.05) is 41.9 Å². The minimum atomic E-state index is 0.198. The van der Waals surface area contributed by atoms with Crippen LogP contribution < -0.4 is 4.74 Å². The molecule has 1 aromatic heterocycles. The van der Waals surface area contributed by atoms with E-state index in [-0.39, 0.29) is 6.10 Å². The van der Waals surface area contributed by atoms with Gasteiger partial charge in [-0.25, -0.2) is 0 Å². The van der Waals surface area contributed by atoms with Gasteiger partial charge in [0.25, 0.3) is 0 Å². The molecule has 1 aliphatic rings. The molecule has 0 unspecified atom stereocenters. The Hall–Kier alpha value is -2.30. The number of hydrogen-bond donors (Lipinski definition) is 0. The number of ether oxygens (including phenoxy) is 1. The third-order valence-electron chi connectivity index (χ3n) is 4.67. The fourth-order valence-corrected chi connectivity index (χ4v) is 3.78. The maximum atomic E-state index is 6.16. The van der Waals surface area contributed by atoms with Crippen LogP contribution in [0.25, 0.3) is 11.3 Å². The number of hydrogen-bond acceptors (Lipinski definition) is 3. The molecule has 3 aromatic rings. The number of benzene rings is 2. The second-order valence-corrected chi connectivity index (χ2v) is 7.37. The van der Waals surface area contributed by atoms with Crippen molar-refractivity contribution in [2.24, 2.45) is 7.05 Å². The van der Waals surface area contributed by atoms with Gasteiger partial charge in [-0.05, 0) is 30.8 Å². The van der Waals surface area contributed by atoms with Crippen LogP contribution in [0.2, 0.25) is 5.02 Å². The van der Waals surface area contributed by atoms with Gasteiger partial charge in [0, 0.05) is 48.9 Å². The van der Waals surface area contributed by atoms with Crippen LogP contribution >= 0.6 is 11.6 Å². The van der Waals surface area contributed by atoms with E-state index < -0.39 is 0 Å². The van der Waals surface area contributed by atoms with E-state index >= 15 is 0 Å². The summed E-state index contributed by atoms with van der Waals surface area (Å²) in [7, 11) is 4.08. The SMILES string of the molecule is CN(Cc1cn(C)nc1-c1cccc(Cl)c1)C[C@H]1Cc2ccccc2O1. The van der Waals surface area contributed by atoms with Crippen LogP contribution in [0.4, 0.5) is 0 Å². The normalized spacial score (nSPS) is 15.9. The smallest absolute Gasteiger partial charge is 0.123 e. The molecule has 0 aliphatic carbocycles. The zero-order valence-electron chi connectivity index (χ0n) is 15.0. The molecule has 0 radical (unpaired) electrons. The first kappa shape index (κ1) is 17.1. The highest BCUT2D eigenvalue weighted by molar-refractivity contribution is 6.30. The molecule has 2 aromatic carbocycles. The maximum absolute atomic E-state index is 6.16. The quantitative estimate of drug-likeness (QED) is 0.677. The van der Waals surface area contributed by atoms with Gasteiger partial charge in [0.2, 0.25) is 0 Å². The van der Waals surface area contributed by atoms with E-state index in [4.69, 9.17) is 16.3 Å². The van der Waals surface area contributed by atoms with Crippen molar-refractivity contribution in [3.63, 3.8) is 0 Å². The molecule has 0 amide bonds. The second kappa shape index (κ2) is 7.14. The molecular formula is C21H22ClN3O. The molecule has 134 valence electrons. The Kier molecular flexibility index (Phi) is 4.70. The highest BCUT2D eigenvalue weighted by atomic mass is 35.5. The molecule has 0 N–H and O–H groups in total. The molecule has 4 nitrogen and oxygen atoms in total. The van der Waals surface area contributed by atoms with Crippen molar-refractivity contribution >= 4 is 11.6 Å². The molecule has 0 saturated heterocycles. The second-order valence-electron chi connectivity index (χ2n) is 6.94. The van der Waals surface area contributed by atoms with Gasteiger partial charge in [0.15, 0.2) is 0 Å². The van der Waals surface area contributed by atoms with Crippen LogP contribution in [0, 0.1) is 0 Å². The van der Waals surface area contributed by atoms with Crippen LogP contribution in [0.1, 0.15) is 11.1 Å². The largest absolute Gasteiger partial charge is 0.488 e. The lowest BCUT2D eigenvalue weighted by atomic mass is 10.1. The lowest BCUT2D eigenvalue weighted by Gasteiger charge is -2.20.